The van der Waals surface area contributed by atoms with Gasteiger partial charge in [-0.05, 0) is 18.2 Å². The number of phenols is 1. The first-order chi connectivity index (χ1) is 9.88. The monoisotopic (exact) mass is 346 g/mol. The van der Waals surface area contributed by atoms with Crippen LogP contribution < -0.4 is 5.32 Å². The van der Waals surface area contributed by atoms with Crippen molar-refractivity contribution in [2.45, 2.75) is 6.54 Å². The predicted octanol–water partition coefficient (Wildman–Crippen LogP) is 4.87. The molecule has 5 nitrogen and oxygen atoms in total. The van der Waals surface area contributed by atoms with Gasteiger partial charge in [0.05, 0.1) is 20.7 Å². The summed E-state index contributed by atoms with van der Waals surface area (Å²) in [4.78, 5) is 10.1. The summed E-state index contributed by atoms with van der Waals surface area (Å²) >= 11 is 17.7. The quantitative estimate of drug-likeness (QED) is 0.611. The Balaban J connectivity index is 2.19. The van der Waals surface area contributed by atoms with Crippen LogP contribution in [0.5, 0.6) is 5.75 Å². The highest BCUT2D eigenvalue weighted by Gasteiger charge is 2.11. The van der Waals surface area contributed by atoms with Crippen molar-refractivity contribution in [1.29, 1.82) is 0 Å². The van der Waals surface area contributed by atoms with Gasteiger partial charge in [0.15, 0.2) is 0 Å². The topological polar surface area (TPSA) is 75.4 Å². The van der Waals surface area contributed by atoms with Gasteiger partial charge in [-0.3, -0.25) is 10.1 Å². The first kappa shape index (κ1) is 15.7. The lowest BCUT2D eigenvalue weighted by Gasteiger charge is -2.11. The fraction of sp³-hybridized carbons (Fsp3) is 0.0769. The third kappa shape index (κ3) is 3.69. The molecular formula is C13H9Cl3N2O3. The highest BCUT2D eigenvalue weighted by molar-refractivity contribution is 6.35. The molecule has 0 atom stereocenters. The number of nitro groups is 1. The molecule has 0 aliphatic heterocycles. The van der Waals surface area contributed by atoms with Crippen LogP contribution in [0.15, 0.2) is 30.3 Å². The van der Waals surface area contributed by atoms with Gasteiger partial charge in [0.2, 0.25) is 0 Å². The standard InChI is InChI=1S/C13H9Cl3N2O3/c14-8-3-7(13(19)11(16)4-8)6-17-12-2-1-9(18(20)21)5-10(12)15/h1-5,17,19H,6H2. The Morgan fingerprint density at radius 3 is 2.48 bits per heavy atom. The fourth-order valence-electron chi connectivity index (χ4n) is 1.71. The zero-order chi connectivity index (χ0) is 15.6. The average Bonchev–Trinajstić information content (AvgIpc) is 2.42. The van der Waals surface area contributed by atoms with Crippen LogP contribution in [-0.2, 0) is 6.54 Å². The molecule has 0 radical (unpaired) electrons. The lowest BCUT2D eigenvalue weighted by Crippen LogP contribution is -2.01. The van der Waals surface area contributed by atoms with E-state index in [4.69, 9.17) is 34.8 Å². The summed E-state index contributed by atoms with van der Waals surface area (Å²) < 4.78 is 0. The van der Waals surface area contributed by atoms with Crippen molar-refractivity contribution in [2.24, 2.45) is 0 Å². The van der Waals surface area contributed by atoms with E-state index >= 15 is 0 Å². The highest BCUT2D eigenvalue weighted by atomic mass is 35.5. The molecule has 21 heavy (non-hydrogen) atoms. The third-order valence-electron chi connectivity index (χ3n) is 2.74. The zero-order valence-electron chi connectivity index (χ0n) is 10.4. The van der Waals surface area contributed by atoms with E-state index in [2.05, 4.69) is 5.32 Å². The van der Waals surface area contributed by atoms with Crippen LogP contribution in [-0.4, -0.2) is 10.0 Å². The molecule has 0 spiro atoms. The van der Waals surface area contributed by atoms with Gasteiger partial charge in [0.1, 0.15) is 5.75 Å². The van der Waals surface area contributed by atoms with Gasteiger partial charge in [-0.2, -0.15) is 0 Å². The maximum Gasteiger partial charge on any atom is 0.271 e. The molecule has 0 amide bonds. The van der Waals surface area contributed by atoms with Crippen LogP contribution in [0.2, 0.25) is 15.1 Å². The minimum absolute atomic E-state index is 0.0772. The van der Waals surface area contributed by atoms with Gasteiger partial charge in [-0.15, -0.1) is 0 Å². The normalized spacial score (nSPS) is 10.4. The molecule has 0 unspecified atom stereocenters. The van der Waals surface area contributed by atoms with Crippen LogP contribution in [0.3, 0.4) is 0 Å². The van der Waals surface area contributed by atoms with Crippen LogP contribution in [0.1, 0.15) is 5.56 Å². The maximum absolute atomic E-state index is 10.6. The molecule has 0 bridgehead atoms. The number of aromatic hydroxyl groups is 1. The minimum Gasteiger partial charge on any atom is -0.506 e. The first-order valence-corrected chi connectivity index (χ1v) is 6.86. The molecule has 0 aromatic heterocycles. The third-order valence-corrected chi connectivity index (χ3v) is 3.56. The lowest BCUT2D eigenvalue weighted by atomic mass is 10.2. The molecule has 0 saturated carbocycles. The van der Waals surface area contributed by atoms with Crippen molar-refractivity contribution in [3.05, 3.63) is 61.1 Å². The molecule has 0 aliphatic rings. The summed E-state index contributed by atoms with van der Waals surface area (Å²) in [7, 11) is 0. The van der Waals surface area contributed by atoms with Gasteiger partial charge >= 0.3 is 0 Å². The number of halogens is 3. The van der Waals surface area contributed by atoms with E-state index in [1.165, 1.54) is 24.3 Å². The number of non-ortho nitro benzene ring substituents is 1. The number of nitrogens with zero attached hydrogens (tertiary/aromatic N) is 1. The largest absolute Gasteiger partial charge is 0.506 e. The molecular weight excluding hydrogens is 339 g/mol. The van der Waals surface area contributed by atoms with E-state index in [0.29, 0.717) is 16.3 Å². The molecule has 2 N–H and O–H groups in total. The average molecular weight is 348 g/mol. The van der Waals surface area contributed by atoms with E-state index < -0.39 is 4.92 Å². The van der Waals surface area contributed by atoms with Crippen molar-refractivity contribution in [3.63, 3.8) is 0 Å². The molecule has 2 rings (SSSR count). The molecule has 0 heterocycles. The summed E-state index contributed by atoms with van der Waals surface area (Å²) in [6, 6.07) is 7.06. The van der Waals surface area contributed by atoms with E-state index in [1.807, 2.05) is 0 Å². The molecule has 8 heteroatoms. The molecule has 0 fully saturated rings. The molecule has 2 aromatic carbocycles. The summed E-state index contributed by atoms with van der Waals surface area (Å²) in [5.74, 6) is -0.0772. The van der Waals surface area contributed by atoms with Gasteiger partial charge in [0.25, 0.3) is 5.69 Å². The molecule has 110 valence electrons. The Morgan fingerprint density at radius 1 is 1.14 bits per heavy atom. The van der Waals surface area contributed by atoms with Gasteiger partial charge in [0, 0.05) is 29.3 Å². The number of phenolic OH excluding ortho intramolecular Hbond substituents is 1. The van der Waals surface area contributed by atoms with Gasteiger partial charge in [-0.25, -0.2) is 0 Å². The van der Waals surface area contributed by atoms with Crippen LogP contribution in [0.25, 0.3) is 0 Å². The minimum atomic E-state index is -0.530. The number of anilines is 1. The van der Waals surface area contributed by atoms with Crippen LogP contribution in [0, 0.1) is 10.1 Å². The molecule has 0 saturated heterocycles. The summed E-state index contributed by atoms with van der Waals surface area (Å²) in [5.41, 5.74) is 0.888. The number of nitrogens with one attached hydrogen (secondary N) is 1. The van der Waals surface area contributed by atoms with Crippen LogP contribution >= 0.6 is 34.8 Å². The number of hydrogen-bond acceptors (Lipinski definition) is 4. The SMILES string of the molecule is O=[N+]([O-])c1ccc(NCc2cc(Cl)cc(Cl)c2O)c(Cl)c1. The van der Waals surface area contributed by atoms with Crippen molar-refractivity contribution in [1.82, 2.24) is 0 Å². The smallest absolute Gasteiger partial charge is 0.271 e. The second kappa shape index (κ2) is 6.39. The van der Waals surface area contributed by atoms with Crippen molar-refractivity contribution < 1.29 is 10.0 Å². The van der Waals surface area contributed by atoms with Gasteiger partial charge in [-0.1, -0.05) is 34.8 Å². The van der Waals surface area contributed by atoms with Crippen molar-refractivity contribution >= 4 is 46.2 Å². The lowest BCUT2D eigenvalue weighted by molar-refractivity contribution is -0.384. The second-order valence-electron chi connectivity index (χ2n) is 4.17. The van der Waals surface area contributed by atoms with Crippen LogP contribution in [0.4, 0.5) is 11.4 Å². The Bertz CT molecular complexity index is 707. The fourth-order valence-corrected chi connectivity index (χ4v) is 2.48. The second-order valence-corrected chi connectivity index (χ2v) is 5.42. The summed E-state index contributed by atoms with van der Waals surface area (Å²) in [6.45, 7) is 0.212. The van der Waals surface area contributed by atoms with E-state index in [1.54, 1.807) is 6.07 Å². The van der Waals surface area contributed by atoms with E-state index in [9.17, 15) is 15.2 Å². The predicted molar refractivity (Wildman–Crippen MR) is 83.6 cm³/mol. The molecule has 0 aliphatic carbocycles. The molecule has 2 aromatic rings. The summed E-state index contributed by atoms with van der Waals surface area (Å²) in [6.07, 6.45) is 0. The Morgan fingerprint density at radius 2 is 1.86 bits per heavy atom. The number of hydrogen-bond donors (Lipinski definition) is 2. The number of nitro benzene ring substituents is 1. The number of rotatable bonds is 4. The summed E-state index contributed by atoms with van der Waals surface area (Å²) in [5, 5.41) is 24.2. The Labute approximate surface area is 135 Å². The Kier molecular flexibility index (Phi) is 4.77. The van der Waals surface area contributed by atoms with E-state index in [0.717, 1.165) is 0 Å². The van der Waals surface area contributed by atoms with Gasteiger partial charge < -0.3 is 10.4 Å². The Hall–Kier alpha value is -1.69. The van der Waals surface area contributed by atoms with Crippen molar-refractivity contribution in [3.8, 4) is 5.75 Å². The first-order valence-electron chi connectivity index (χ1n) is 5.73. The van der Waals surface area contributed by atoms with E-state index in [-0.39, 0.29) is 28.0 Å². The van der Waals surface area contributed by atoms with Crippen molar-refractivity contribution in [2.75, 3.05) is 5.32 Å². The highest BCUT2D eigenvalue weighted by Crippen LogP contribution is 2.32. The number of benzene rings is 2. The zero-order valence-corrected chi connectivity index (χ0v) is 12.7. The maximum atomic E-state index is 10.6.